The zero-order chi connectivity index (χ0) is 24.1. The summed E-state index contributed by atoms with van der Waals surface area (Å²) in [5.74, 6) is 0.652. The molecule has 3 aliphatic heterocycles. The molecule has 2 aromatic rings. The molecule has 2 unspecified atom stereocenters. The number of benzene rings is 1. The Kier molecular flexibility index (Phi) is 5.12. The summed E-state index contributed by atoms with van der Waals surface area (Å²) in [7, 11) is 3.09. The van der Waals surface area contributed by atoms with Gasteiger partial charge in [-0.2, -0.15) is 5.26 Å². The number of aryl methyl sites for hydroxylation is 1. The molecule has 0 aliphatic carbocycles. The summed E-state index contributed by atoms with van der Waals surface area (Å²) in [5.41, 5.74) is 1.94. The number of urea groups is 1. The number of aromatic nitrogens is 1. The number of hydrogen-bond acceptors (Lipinski definition) is 7. The van der Waals surface area contributed by atoms with E-state index in [1.165, 1.54) is 13.3 Å². The van der Waals surface area contributed by atoms with Crippen molar-refractivity contribution in [2.75, 3.05) is 25.7 Å². The maximum absolute atomic E-state index is 13.3. The third-order valence-corrected chi connectivity index (χ3v) is 6.82. The fourth-order valence-corrected chi connectivity index (χ4v) is 5.25. The van der Waals surface area contributed by atoms with Gasteiger partial charge in [0, 0.05) is 6.54 Å². The molecule has 4 amide bonds. The molecule has 0 radical (unpaired) electrons. The third kappa shape index (κ3) is 3.15. The molecule has 0 N–H and O–H groups in total. The number of carbonyl (C=O) groups is 3. The number of nitrogens with zero attached hydrogens (tertiary/aromatic N) is 5. The van der Waals surface area contributed by atoms with E-state index in [4.69, 9.17) is 14.7 Å². The van der Waals surface area contributed by atoms with Gasteiger partial charge in [-0.05, 0) is 42.7 Å². The average Bonchev–Trinajstić information content (AvgIpc) is 3.50. The zero-order valence-electron chi connectivity index (χ0n) is 19.0. The minimum absolute atomic E-state index is 0.103. The van der Waals surface area contributed by atoms with Crippen LogP contribution in [0.15, 0.2) is 30.5 Å². The molecule has 3 saturated heterocycles. The van der Waals surface area contributed by atoms with E-state index in [1.54, 1.807) is 42.0 Å². The second-order valence-corrected chi connectivity index (χ2v) is 8.65. The number of hydrogen-bond donors (Lipinski definition) is 0. The maximum Gasteiger partial charge on any atom is 0.332 e. The molecule has 3 aliphatic rings. The van der Waals surface area contributed by atoms with Crippen LogP contribution in [0.5, 0.6) is 11.5 Å². The van der Waals surface area contributed by atoms with E-state index < -0.39 is 12.1 Å². The Morgan fingerprint density at radius 3 is 2.65 bits per heavy atom. The number of likely N-dealkylation sites (tertiary alicyclic amines) is 1. The van der Waals surface area contributed by atoms with E-state index in [0.29, 0.717) is 35.7 Å². The lowest BCUT2D eigenvalue weighted by atomic mass is 10.1. The second-order valence-electron chi connectivity index (χ2n) is 8.65. The molecule has 4 heterocycles. The van der Waals surface area contributed by atoms with E-state index in [1.807, 2.05) is 12.1 Å². The summed E-state index contributed by atoms with van der Waals surface area (Å²) in [6.07, 6.45) is 2.10. The second kappa shape index (κ2) is 8.02. The van der Waals surface area contributed by atoms with Gasteiger partial charge < -0.3 is 19.3 Å². The standard InChI is InChI=1S/C24H23N5O5/c1-13-6-15(11-26-17(13)10-25)29-23(31)22-18-9-16(28(22)24(29)32)12-27(18)21(30)8-14-4-5-19(33-2)20(7-14)34-3/h4-7,11,16,18,22H,8-9,12H2,1-3H3/t16?,18?,22-/m0/s1. The number of rotatable bonds is 5. The van der Waals surface area contributed by atoms with Gasteiger partial charge in [-0.15, -0.1) is 0 Å². The van der Waals surface area contributed by atoms with Gasteiger partial charge in [0.2, 0.25) is 5.91 Å². The predicted molar refractivity (Wildman–Crippen MR) is 119 cm³/mol. The zero-order valence-corrected chi connectivity index (χ0v) is 19.0. The molecule has 3 fully saturated rings. The van der Waals surface area contributed by atoms with Crippen molar-refractivity contribution < 1.29 is 23.9 Å². The normalized spacial score (nSPS) is 22.8. The first kappa shape index (κ1) is 21.7. The van der Waals surface area contributed by atoms with Crippen molar-refractivity contribution in [2.24, 2.45) is 0 Å². The van der Waals surface area contributed by atoms with E-state index in [-0.39, 0.29) is 36.0 Å². The van der Waals surface area contributed by atoms with Crippen LogP contribution in [0, 0.1) is 18.3 Å². The summed E-state index contributed by atoms with van der Waals surface area (Å²) in [5, 5.41) is 9.11. The fraction of sp³-hybridized carbons (Fsp3) is 0.375. The predicted octanol–water partition coefficient (Wildman–Crippen LogP) is 1.64. The first-order chi connectivity index (χ1) is 16.4. The Hall–Kier alpha value is -4.13. The molecule has 1 aromatic carbocycles. The van der Waals surface area contributed by atoms with Crippen LogP contribution >= 0.6 is 0 Å². The van der Waals surface area contributed by atoms with Crippen LogP contribution in [-0.4, -0.2) is 71.5 Å². The molecule has 1 aromatic heterocycles. The van der Waals surface area contributed by atoms with Gasteiger partial charge in [0.05, 0.1) is 44.6 Å². The van der Waals surface area contributed by atoms with Gasteiger partial charge in [-0.3, -0.25) is 9.59 Å². The summed E-state index contributed by atoms with van der Waals surface area (Å²) < 4.78 is 10.6. The van der Waals surface area contributed by atoms with Crippen LogP contribution in [-0.2, 0) is 16.0 Å². The van der Waals surface area contributed by atoms with Crippen LogP contribution in [0.4, 0.5) is 10.5 Å². The van der Waals surface area contributed by atoms with Gasteiger partial charge in [0.15, 0.2) is 11.5 Å². The van der Waals surface area contributed by atoms with E-state index in [9.17, 15) is 14.4 Å². The SMILES string of the molecule is COc1ccc(CC(=O)N2CC3CC2[C@H]2C(=O)N(c4cnc(C#N)c(C)c4)C(=O)N32)cc1OC. The van der Waals surface area contributed by atoms with Crippen LogP contribution in [0.25, 0.3) is 0 Å². The highest BCUT2D eigenvalue weighted by atomic mass is 16.5. The van der Waals surface area contributed by atoms with Crippen molar-refractivity contribution in [2.45, 2.75) is 37.9 Å². The van der Waals surface area contributed by atoms with Crippen LogP contribution in [0.2, 0.25) is 0 Å². The summed E-state index contributed by atoms with van der Waals surface area (Å²) in [4.78, 5) is 48.2. The molecule has 174 valence electrons. The number of imide groups is 1. The van der Waals surface area contributed by atoms with Crippen LogP contribution < -0.4 is 14.4 Å². The molecular formula is C24H23N5O5. The van der Waals surface area contributed by atoms with E-state index in [0.717, 1.165) is 10.5 Å². The van der Waals surface area contributed by atoms with E-state index >= 15 is 0 Å². The Morgan fingerprint density at radius 1 is 1.21 bits per heavy atom. The molecule has 2 bridgehead atoms. The monoisotopic (exact) mass is 461 g/mol. The number of nitriles is 1. The molecule has 5 rings (SSSR count). The number of fused-ring (bicyclic) bond motifs is 5. The minimum atomic E-state index is -0.712. The van der Waals surface area contributed by atoms with Crippen molar-refractivity contribution >= 4 is 23.5 Å². The highest BCUT2D eigenvalue weighted by Gasteiger charge is 2.62. The number of pyridine rings is 1. The number of methoxy groups -OCH3 is 2. The van der Waals surface area contributed by atoms with E-state index in [2.05, 4.69) is 4.98 Å². The van der Waals surface area contributed by atoms with Crippen LogP contribution in [0.3, 0.4) is 0 Å². The Morgan fingerprint density at radius 2 is 1.97 bits per heavy atom. The Balaban J connectivity index is 1.36. The van der Waals surface area contributed by atoms with Crippen molar-refractivity contribution in [1.29, 1.82) is 5.26 Å². The fourth-order valence-electron chi connectivity index (χ4n) is 5.25. The maximum atomic E-state index is 13.3. The average molecular weight is 461 g/mol. The van der Waals surface area contributed by atoms with Gasteiger partial charge in [0.25, 0.3) is 5.91 Å². The summed E-state index contributed by atoms with van der Waals surface area (Å²) in [6.45, 7) is 2.10. The lowest BCUT2D eigenvalue weighted by Gasteiger charge is -2.35. The lowest BCUT2D eigenvalue weighted by molar-refractivity contribution is -0.135. The summed E-state index contributed by atoms with van der Waals surface area (Å²) in [6, 6.07) is 7.24. The lowest BCUT2D eigenvalue weighted by Crippen LogP contribution is -2.55. The Bertz CT molecular complexity index is 1250. The number of anilines is 1. The quantitative estimate of drug-likeness (QED) is 0.622. The van der Waals surface area contributed by atoms with Crippen molar-refractivity contribution in [3.63, 3.8) is 0 Å². The molecule has 34 heavy (non-hydrogen) atoms. The van der Waals surface area contributed by atoms with Gasteiger partial charge >= 0.3 is 6.03 Å². The van der Waals surface area contributed by atoms with Crippen molar-refractivity contribution in [3.05, 3.63) is 47.3 Å². The first-order valence-corrected chi connectivity index (χ1v) is 10.9. The first-order valence-electron chi connectivity index (χ1n) is 10.9. The Labute approximate surface area is 196 Å². The third-order valence-electron chi connectivity index (χ3n) is 6.82. The smallest absolute Gasteiger partial charge is 0.332 e. The highest BCUT2D eigenvalue weighted by molar-refractivity contribution is 6.22. The van der Waals surface area contributed by atoms with Crippen molar-refractivity contribution in [3.8, 4) is 17.6 Å². The topological polar surface area (TPSA) is 116 Å². The summed E-state index contributed by atoms with van der Waals surface area (Å²) >= 11 is 0. The molecule has 10 heteroatoms. The molecule has 10 nitrogen and oxygen atoms in total. The highest BCUT2D eigenvalue weighted by Crippen LogP contribution is 2.42. The number of piperazine rings is 1. The number of amides is 4. The van der Waals surface area contributed by atoms with Crippen molar-refractivity contribution in [1.82, 2.24) is 14.8 Å². The molecule has 3 atom stereocenters. The minimum Gasteiger partial charge on any atom is -0.493 e. The van der Waals surface area contributed by atoms with Crippen LogP contribution in [0.1, 0.15) is 23.2 Å². The van der Waals surface area contributed by atoms with Gasteiger partial charge in [-0.25, -0.2) is 14.7 Å². The largest absolute Gasteiger partial charge is 0.493 e. The molecule has 0 spiro atoms. The molecular weight excluding hydrogens is 438 g/mol. The number of carbonyl (C=O) groups excluding carboxylic acids is 3. The molecule has 0 saturated carbocycles. The van der Waals surface area contributed by atoms with Gasteiger partial charge in [0.1, 0.15) is 17.8 Å². The number of ether oxygens (including phenoxy) is 2. The van der Waals surface area contributed by atoms with Gasteiger partial charge in [-0.1, -0.05) is 6.07 Å².